The lowest BCUT2D eigenvalue weighted by Gasteiger charge is -2.22. The Morgan fingerprint density at radius 3 is 2.82 bits per heavy atom. The molecule has 2 rings (SSSR count). The molecule has 1 aromatic heterocycles. The molecule has 0 aliphatic carbocycles. The van der Waals surface area contributed by atoms with E-state index in [1.807, 2.05) is 12.1 Å². The summed E-state index contributed by atoms with van der Waals surface area (Å²) in [5.74, 6) is 0. The van der Waals surface area contributed by atoms with Crippen LogP contribution in [0.4, 0.5) is 5.69 Å². The molecule has 0 aliphatic rings. The number of nitrogens with two attached hydrogens (primary N) is 1. The third-order valence-corrected chi connectivity index (χ3v) is 4.18. The van der Waals surface area contributed by atoms with Crippen LogP contribution in [0.5, 0.6) is 0 Å². The van der Waals surface area contributed by atoms with E-state index in [9.17, 15) is 0 Å². The molecule has 0 radical (unpaired) electrons. The van der Waals surface area contributed by atoms with Crippen LogP contribution < -0.4 is 10.6 Å². The molecule has 0 aliphatic heterocycles. The van der Waals surface area contributed by atoms with Gasteiger partial charge >= 0.3 is 0 Å². The Bertz CT molecular complexity index is 482. The Morgan fingerprint density at radius 1 is 1.35 bits per heavy atom. The molecule has 0 spiro atoms. The summed E-state index contributed by atoms with van der Waals surface area (Å²) in [7, 11) is 2.10. The molecule has 0 amide bonds. The lowest BCUT2D eigenvalue weighted by atomic mass is 10.1. The van der Waals surface area contributed by atoms with E-state index in [0.29, 0.717) is 6.54 Å². The Labute approximate surface area is 114 Å². The van der Waals surface area contributed by atoms with Gasteiger partial charge in [-0.2, -0.15) is 11.3 Å². The molecule has 1 heterocycles. The third-order valence-electron chi connectivity index (χ3n) is 2.71. The number of anilines is 1. The van der Waals surface area contributed by atoms with Crippen molar-refractivity contribution in [3.63, 3.8) is 0 Å². The molecule has 2 aromatic rings. The van der Waals surface area contributed by atoms with E-state index in [1.165, 1.54) is 11.3 Å². The molecule has 2 N–H and O–H groups in total. The summed E-state index contributed by atoms with van der Waals surface area (Å²) in [6.07, 6.45) is 0. The minimum absolute atomic E-state index is 0.546. The maximum atomic E-state index is 5.81. The number of hydrogen-bond donors (Lipinski definition) is 1. The summed E-state index contributed by atoms with van der Waals surface area (Å²) in [6.45, 7) is 1.46. The van der Waals surface area contributed by atoms with Crippen LogP contribution in [0.15, 0.2) is 39.5 Å². The van der Waals surface area contributed by atoms with Gasteiger partial charge in [-0.3, -0.25) is 0 Å². The molecular formula is C13H15BrN2S. The molecule has 90 valence electrons. The highest BCUT2D eigenvalue weighted by molar-refractivity contribution is 9.10. The Hall–Kier alpha value is -0.840. The average Bonchev–Trinajstić information content (AvgIpc) is 2.81. The zero-order chi connectivity index (χ0) is 12.3. The number of nitrogens with zero attached hydrogens (tertiary/aromatic N) is 1. The smallest absolute Gasteiger partial charge is 0.0434 e. The van der Waals surface area contributed by atoms with E-state index in [2.05, 4.69) is 50.8 Å². The molecule has 17 heavy (non-hydrogen) atoms. The first-order valence-corrected chi connectivity index (χ1v) is 7.15. The molecule has 0 fully saturated rings. The van der Waals surface area contributed by atoms with Crippen LogP contribution in [-0.2, 0) is 13.1 Å². The lowest BCUT2D eigenvalue weighted by molar-refractivity contribution is 0.905. The molecule has 1 aromatic carbocycles. The highest BCUT2D eigenvalue weighted by atomic mass is 79.9. The summed E-state index contributed by atoms with van der Waals surface area (Å²) in [5, 5.41) is 4.28. The van der Waals surface area contributed by atoms with Crippen molar-refractivity contribution in [3.8, 4) is 0 Å². The first-order chi connectivity index (χ1) is 8.22. The monoisotopic (exact) mass is 310 g/mol. The van der Waals surface area contributed by atoms with E-state index in [-0.39, 0.29) is 0 Å². The van der Waals surface area contributed by atoms with Crippen LogP contribution in [0.3, 0.4) is 0 Å². The minimum Gasteiger partial charge on any atom is -0.370 e. The fourth-order valence-electron chi connectivity index (χ4n) is 1.85. The highest BCUT2D eigenvalue weighted by Gasteiger charge is 2.09. The molecule has 0 saturated carbocycles. The predicted octanol–water partition coefficient (Wildman–Crippen LogP) is 3.61. The fraction of sp³-hybridized carbons (Fsp3) is 0.231. The third kappa shape index (κ3) is 2.89. The van der Waals surface area contributed by atoms with Gasteiger partial charge in [0, 0.05) is 35.9 Å². The van der Waals surface area contributed by atoms with Gasteiger partial charge in [0.05, 0.1) is 0 Å². The van der Waals surface area contributed by atoms with Crippen LogP contribution in [0.2, 0.25) is 0 Å². The maximum absolute atomic E-state index is 5.81. The minimum atomic E-state index is 0.546. The van der Waals surface area contributed by atoms with Crippen molar-refractivity contribution < 1.29 is 0 Å². The van der Waals surface area contributed by atoms with Gasteiger partial charge in [0.1, 0.15) is 0 Å². The largest absolute Gasteiger partial charge is 0.370 e. The fourth-order valence-corrected chi connectivity index (χ4v) is 3.03. The van der Waals surface area contributed by atoms with Crippen molar-refractivity contribution in [2.24, 2.45) is 5.73 Å². The molecular weight excluding hydrogens is 296 g/mol. The summed E-state index contributed by atoms with van der Waals surface area (Å²) >= 11 is 5.28. The number of hydrogen-bond acceptors (Lipinski definition) is 3. The SMILES string of the molecule is CN(Cc1ccsc1)c1cccc(Br)c1CN. The van der Waals surface area contributed by atoms with Crippen LogP contribution in [-0.4, -0.2) is 7.05 Å². The molecule has 0 saturated heterocycles. The molecule has 0 bridgehead atoms. The van der Waals surface area contributed by atoms with Gasteiger partial charge in [0.25, 0.3) is 0 Å². The Morgan fingerprint density at radius 2 is 2.18 bits per heavy atom. The number of benzene rings is 1. The van der Waals surface area contributed by atoms with Gasteiger partial charge in [-0.25, -0.2) is 0 Å². The van der Waals surface area contributed by atoms with Gasteiger partial charge in [-0.15, -0.1) is 0 Å². The standard InChI is InChI=1S/C13H15BrN2S/c1-16(8-10-5-6-17-9-10)13-4-2-3-12(14)11(13)7-15/h2-6,9H,7-8,15H2,1H3. The van der Waals surface area contributed by atoms with Gasteiger partial charge in [0.2, 0.25) is 0 Å². The predicted molar refractivity (Wildman–Crippen MR) is 78.5 cm³/mol. The number of thiophene rings is 1. The topological polar surface area (TPSA) is 29.3 Å². The number of halogens is 1. The van der Waals surface area contributed by atoms with Crippen LogP contribution in [0, 0.1) is 0 Å². The quantitative estimate of drug-likeness (QED) is 0.935. The zero-order valence-corrected chi connectivity index (χ0v) is 12.1. The maximum Gasteiger partial charge on any atom is 0.0434 e. The van der Waals surface area contributed by atoms with Gasteiger partial charge < -0.3 is 10.6 Å². The van der Waals surface area contributed by atoms with Gasteiger partial charge in [-0.05, 0) is 34.5 Å². The van der Waals surface area contributed by atoms with Crippen LogP contribution >= 0.6 is 27.3 Å². The second kappa shape index (κ2) is 5.67. The summed E-state index contributed by atoms with van der Waals surface area (Å²) in [5.41, 5.74) is 9.49. The van der Waals surface area contributed by atoms with E-state index in [1.54, 1.807) is 11.3 Å². The second-order valence-corrected chi connectivity index (χ2v) is 5.56. The Kier molecular flexibility index (Phi) is 4.20. The lowest BCUT2D eigenvalue weighted by Crippen LogP contribution is -2.18. The zero-order valence-electron chi connectivity index (χ0n) is 9.69. The van der Waals surface area contributed by atoms with Crippen molar-refractivity contribution >= 4 is 33.0 Å². The van der Waals surface area contributed by atoms with Crippen LogP contribution in [0.25, 0.3) is 0 Å². The summed E-state index contributed by atoms with van der Waals surface area (Å²) < 4.78 is 1.08. The van der Waals surface area contributed by atoms with E-state index in [0.717, 1.165) is 16.6 Å². The van der Waals surface area contributed by atoms with Crippen molar-refractivity contribution in [3.05, 3.63) is 50.6 Å². The van der Waals surface area contributed by atoms with Crippen molar-refractivity contribution in [2.45, 2.75) is 13.1 Å². The number of rotatable bonds is 4. The van der Waals surface area contributed by atoms with Gasteiger partial charge in [-0.1, -0.05) is 22.0 Å². The second-order valence-electron chi connectivity index (χ2n) is 3.93. The van der Waals surface area contributed by atoms with E-state index < -0.39 is 0 Å². The van der Waals surface area contributed by atoms with Crippen molar-refractivity contribution in [1.29, 1.82) is 0 Å². The first kappa shape index (κ1) is 12.6. The highest BCUT2D eigenvalue weighted by Crippen LogP contribution is 2.27. The van der Waals surface area contributed by atoms with E-state index in [4.69, 9.17) is 5.73 Å². The molecule has 2 nitrogen and oxygen atoms in total. The average molecular weight is 311 g/mol. The normalized spacial score (nSPS) is 10.5. The Balaban J connectivity index is 2.24. The van der Waals surface area contributed by atoms with Crippen LogP contribution in [0.1, 0.15) is 11.1 Å². The van der Waals surface area contributed by atoms with Crippen molar-refractivity contribution in [2.75, 3.05) is 11.9 Å². The molecule has 4 heteroatoms. The first-order valence-electron chi connectivity index (χ1n) is 5.42. The summed E-state index contributed by atoms with van der Waals surface area (Å²) in [4.78, 5) is 2.23. The summed E-state index contributed by atoms with van der Waals surface area (Å²) in [6, 6.07) is 8.34. The van der Waals surface area contributed by atoms with E-state index >= 15 is 0 Å². The van der Waals surface area contributed by atoms with Gasteiger partial charge in [0.15, 0.2) is 0 Å². The van der Waals surface area contributed by atoms with Crippen molar-refractivity contribution in [1.82, 2.24) is 0 Å². The molecule has 0 atom stereocenters. The molecule has 0 unspecified atom stereocenters.